The molecule has 0 spiro atoms. The fraction of sp³-hybridized carbons (Fsp3) is 0.600. The first-order valence-corrected chi connectivity index (χ1v) is 8.66. The summed E-state index contributed by atoms with van der Waals surface area (Å²) in [5.41, 5.74) is 0. The monoisotopic (exact) mass is 340 g/mol. The predicted octanol–water partition coefficient (Wildman–Crippen LogP) is 2.57. The highest BCUT2D eigenvalue weighted by Gasteiger charge is 2.26. The lowest BCUT2D eigenvalue weighted by molar-refractivity contribution is 0.132. The van der Waals surface area contributed by atoms with Crippen LogP contribution in [-0.2, 0) is 6.42 Å². The van der Waals surface area contributed by atoms with Gasteiger partial charge in [-0.05, 0) is 38.4 Å². The first-order valence-electron chi connectivity index (χ1n) is 7.47. The van der Waals surface area contributed by atoms with Gasteiger partial charge in [0.15, 0.2) is 0 Å². The highest BCUT2D eigenvalue weighted by atomic mass is 35.5. The summed E-state index contributed by atoms with van der Waals surface area (Å²) in [4.78, 5) is 17.1. The van der Waals surface area contributed by atoms with E-state index in [0.29, 0.717) is 19.6 Å². The van der Waals surface area contributed by atoms with Crippen molar-refractivity contribution in [1.29, 1.82) is 5.26 Å². The number of unbranched alkanes of at least 4 members (excludes halogenated alkanes) is 1. The van der Waals surface area contributed by atoms with Gasteiger partial charge < -0.3 is 10.2 Å². The Morgan fingerprint density at radius 1 is 1.50 bits per heavy atom. The van der Waals surface area contributed by atoms with Crippen LogP contribution in [0.3, 0.4) is 0 Å². The average Bonchev–Trinajstić information content (AvgIpc) is 2.92. The van der Waals surface area contributed by atoms with E-state index in [4.69, 9.17) is 16.9 Å². The average molecular weight is 341 g/mol. The Morgan fingerprint density at radius 3 is 3.00 bits per heavy atom. The van der Waals surface area contributed by atoms with E-state index in [0.717, 1.165) is 30.1 Å². The number of aryl methyl sites for hydroxylation is 1. The van der Waals surface area contributed by atoms with Gasteiger partial charge in [-0.2, -0.15) is 5.26 Å². The van der Waals surface area contributed by atoms with Crippen LogP contribution in [0, 0.1) is 11.3 Å². The van der Waals surface area contributed by atoms with Crippen LogP contribution in [0.25, 0.3) is 0 Å². The summed E-state index contributed by atoms with van der Waals surface area (Å²) in [7, 11) is 1.92. The Morgan fingerprint density at radius 2 is 2.32 bits per heavy atom. The smallest absolute Gasteiger partial charge is 0.317 e. The molecular weight excluding hydrogens is 320 g/mol. The molecule has 1 aromatic rings. The number of nitrogens with one attached hydrogen (secondary N) is 1. The molecule has 0 aromatic carbocycles. The van der Waals surface area contributed by atoms with E-state index in [1.165, 1.54) is 4.88 Å². The standard InChI is InChI=1S/C15H21ClN4OS/c1-19-8-9-20(11-12(19)10-17)15(21)18-7-3-2-4-13-5-6-14(16)22-13/h5-6,12H,2-4,7-9,11H2,1H3,(H,18,21)/t12-/m1/s1. The van der Waals surface area contributed by atoms with Gasteiger partial charge >= 0.3 is 6.03 Å². The molecule has 1 saturated heterocycles. The van der Waals surface area contributed by atoms with Crippen LogP contribution in [0.5, 0.6) is 0 Å². The number of carbonyl (C=O) groups is 1. The number of thiophene rings is 1. The summed E-state index contributed by atoms with van der Waals surface area (Å²) in [5.74, 6) is 0. The molecular formula is C15H21ClN4OS. The first kappa shape index (κ1) is 17.1. The Balaban J connectivity index is 1.62. The number of halogens is 1. The van der Waals surface area contributed by atoms with Gasteiger partial charge in [0.05, 0.1) is 17.0 Å². The summed E-state index contributed by atoms with van der Waals surface area (Å²) in [6.45, 7) is 2.56. The van der Waals surface area contributed by atoms with Crippen molar-refractivity contribution in [3.05, 3.63) is 21.3 Å². The molecule has 0 unspecified atom stereocenters. The quantitative estimate of drug-likeness (QED) is 0.838. The van der Waals surface area contributed by atoms with Crippen molar-refractivity contribution in [3.63, 3.8) is 0 Å². The lowest BCUT2D eigenvalue weighted by atomic mass is 10.2. The van der Waals surface area contributed by atoms with Crippen molar-refractivity contribution in [2.45, 2.75) is 25.3 Å². The number of carbonyl (C=O) groups excluding carboxylic acids is 1. The number of amides is 2. The van der Waals surface area contributed by atoms with Gasteiger partial charge in [-0.3, -0.25) is 4.90 Å². The maximum atomic E-state index is 12.1. The summed E-state index contributed by atoms with van der Waals surface area (Å²) in [5, 5.41) is 12.0. The fourth-order valence-electron chi connectivity index (χ4n) is 2.42. The second kappa shape index (κ2) is 8.37. The Hall–Kier alpha value is -1.29. The second-order valence-corrected chi connectivity index (χ2v) is 7.27. The fourth-order valence-corrected chi connectivity index (χ4v) is 3.54. The van der Waals surface area contributed by atoms with Gasteiger partial charge in [-0.15, -0.1) is 11.3 Å². The van der Waals surface area contributed by atoms with E-state index in [1.54, 1.807) is 16.2 Å². The summed E-state index contributed by atoms with van der Waals surface area (Å²) in [6, 6.07) is 5.93. The van der Waals surface area contributed by atoms with Crippen molar-refractivity contribution in [1.82, 2.24) is 15.1 Å². The maximum Gasteiger partial charge on any atom is 0.317 e. The molecule has 120 valence electrons. The maximum absolute atomic E-state index is 12.1. The molecule has 2 heterocycles. The predicted molar refractivity (Wildman–Crippen MR) is 89.3 cm³/mol. The SMILES string of the molecule is CN1CCN(C(=O)NCCCCc2ccc(Cl)s2)C[C@H]1C#N. The molecule has 0 radical (unpaired) electrons. The van der Waals surface area contributed by atoms with E-state index in [1.807, 2.05) is 18.0 Å². The zero-order valence-corrected chi connectivity index (χ0v) is 14.3. The van der Waals surface area contributed by atoms with Gasteiger partial charge in [0.2, 0.25) is 0 Å². The number of hydrogen-bond acceptors (Lipinski definition) is 4. The van der Waals surface area contributed by atoms with Crippen molar-refractivity contribution < 1.29 is 4.79 Å². The lowest BCUT2D eigenvalue weighted by Crippen LogP contribution is -2.55. The second-order valence-electron chi connectivity index (χ2n) is 5.47. The molecule has 1 aromatic heterocycles. The first-order chi connectivity index (χ1) is 10.6. The molecule has 5 nitrogen and oxygen atoms in total. The van der Waals surface area contributed by atoms with Crippen LogP contribution < -0.4 is 5.32 Å². The molecule has 0 aliphatic carbocycles. The van der Waals surface area contributed by atoms with Gasteiger partial charge in [-0.25, -0.2) is 4.79 Å². The molecule has 0 saturated carbocycles. The lowest BCUT2D eigenvalue weighted by Gasteiger charge is -2.35. The number of likely N-dealkylation sites (N-methyl/N-ethyl adjacent to an activating group) is 1. The zero-order valence-electron chi connectivity index (χ0n) is 12.7. The highest BCUT2D eigenvalue weighted by Crippen LogP contribution is 2.22. The molecule has 2 amide bonds. The van der Waals surface area contributed by atoms with Gasteiger partial charge in [-0.1, -0.05) is 11.6 Å². The van der Waals surface area contributed by atoms with Crippen LogP contribution in [0.1, 0.15) is 17.7 Å². The van der Waals surface area contributed by atoms with Crippen molar-refractivity contribution >= 4 is 29.0 Å². The van der Waals surface area contributed by atoms with Crippen LogP contribution in [0.2, 0.25) is 4.34 Å². The molecule has 1 aliphatic heterocycles. The number of hydrogen-bond donors (Lipinski definition) is 1. The van der Waals surface area contributed by atoms with Gasteiger partial charge in [0.25, 0.3) is 0 Å². The number of rotatable bonds is 5. The minimum absolute atomic E-state index is 0.0625. The third-order valence-corrected chi connectivity index (χ3v) is 5.13. The number of piperazine rings is 1. The molecule has 1 aliphatic rings. The normalized spacial score (nSPS) is 19.0. The number of nitrogens with zero attached hydrogens (tertiary/aromatic N) is 3. The molecule has 2 rings (SSSR count). The van der Waals surface area contributed by atoms with Gasteiger partial charge in [0, 0.05) is 24.5 Å². The Bertz CT molecular complexity index is 542. The third kappa shape index (κ3) is 4.87. The Kier molecular flexibility index (Phi) is 6.49. The van der Waals surface area contributed by atoms with Crippen LogP contribution >= 0.6 is 22.9 Å². The zero-order chi connectivity index (χ0) is 15.9. The van der Waals surface area contributed by atoms with E-state index >= 15 is 0 Å². The van der Waals surface area contributed by atoms with E-state index in [9.17, 15) is 4.79 Å². The van der Waals surface area contributed by atoms with Crippen LogP contribution in [0.15, 0.2) is 12.1 Å². The Labute approximate surface area is 140 Å². The third-order valence-electron chi connectivity index (χ3n) is 3.84. The minimum atomic E-state index is -0.205. The molecule has 0 bridgehead atoms. The molecule has 1 fully saturated rings. The van der Waals surface area contributed by atoms with E-state index in [-0.39, 0.29) is 12.1 Å². The molecule has 1 atom stereocenters. The van der Waals surface area contributed by atoms with Gasteiger partial charge in [0.1, 0.15) is 6.04 Å². The van der Waals surface area contributed by atoms with Crippen LogP contribution in [-0.4, -0.2) is 55.1 Å². The summed E-state index contributed by atoms with van der Waals surface area (Å²) < 4.78 is 0.824. The van der Waals surface area contributed by atoms with E-state index < -0.39 is 0 Å². The highest BCUT2D eigenvalue weighted by molar-refractivity contribution is 7.16. The topological polar surface area (TPSA) is 59.4 Å². The van der Waals surface area contributed by atoms with Crippen molar-refractivity contribution in [3.8, 4) is 6.07 Å². The van der Waals surface area contributed by atoms with E-state index in [2.05, 4.69) is 17.5 Å². The largest absolute Gasteiger partial charge is 0.338 e. The molecule has 7 heteroatoms. The summed E-state index contributed by atoms with van der Waals surface area (Å²) in [6.07, 6.45) is 2.97. The summed E-state index contributed by atoms with van der Waals surface area (Å²) >= 11 is 7.50. The number of nitriles is 1. The van der Waals surface area contributed by atoms with Crippen molar-refractivity contribution in [2.24, 2.45) is 0 Å². The number of urea groups is 1. The molecule has 1 N–H and O–H groups in total. The molecule has 22 heavy (non-hydrogen) atoms. The van der Waals surface area contributed by atoms with Crippen LogP contribution in [0.4, 0.5) is 4.79 Å². The van der Waals surface area contributed by atoms with Crippen molar-refractivity contribution in [2.75, 3.05) is 33.2 Å². The minimum Gasteiger partial charge on any atom is -0.338 e.